The third kappa shape index (κ3) is 3.74. The number of benzene rings is 2. The molecule has 158 valence electrons. The summed E-state index contributed by atoms with van der Waals surface area (Å²) in [5.74, 6) is 1.86. The van der Waals surface area contributed by atoms with Crippen molar-refractivity contribution in [2.45, 2.75) is 33.2 Å². The average molecular weight is 414 g/mol. The SMILES string of the molecule is CC(C)CNc1nc2ccccc2n2c(-c3ccc(C(=O)NC4CC4C)cc3)cnc12. The number of rotatable bonds is 6. The van der Waals surface area contributed by atoms with E-state index in [9.17, 15) is 4.79 Å². The van der Waals surface area contributed by atoms with Gasteiger partial charge in [0.15, 0.2) is 11.5 Å². The molecule has 2 N–H and O–H groups in total. The summed E-state index contributed by atoms with van der Waals surface area (Å²) < 4.78 is 2.14. The Kier molecular flexibility index (Phi) is 4.85. The van der Waals surface area contributed by atoms with Crippen LogP contribution < -0.4 is 10.6 Å². The molecule has 6 heteroatoms. The van der Waals surface area contributed by atoms with Crippen molar-refractivity contribution in [2.75, 3.05) is 11.9 Å². The predicted octanol–water partition coefficient (Wildman–Crippen LogP) is 4.76. The monoisotopic (exact) mass is 413 g/mol. The number of fused-ring (bicyclic) bond motifs is 3. The topological polar surface area (TPSA) is 71.3 Å². The Morgan fingerprint density at radius 1 is 1.16 bits per heavy atom. The van der Waals surface area contributed by atoms with E-state index < -0.39 is 0 Å². The Hall–Kier alpha value is -3.41. The first-order valence-electron chi connectivity index (χ1n) is 10.9. The largest absolute Gasteiger partial charge is 0.367 e. The van der Waals surface area contributed by atoms with Crippen LogP contribution in [0.25, 0.3) is 27.9 Å². The molecule has 31 heavy (non-hydrogen) atoms. The van der Waals surface area contributed by atoms with E-state index in [0.29, 0.717) is 23.4 Å². The van der Waals surface area contributed by atoms with Crippen LogP contribution in [0.4, 0.5) is 5.82 Å². The molecule has 0 aliphatic heterocycles. The number of nitrogens with one attached hydrogen (secondary N) is 2. The van der Waals surface area contributed by atoms with Crippen LogP contribution in [0.1, 0.15) is 37.6 Å². The van der Waals surface area contributed by atoms with Crippen LogP contribution in [-0.4, -0.2) is 32.9 Å². The highest BCUT2D eigenvalue weighted by atomic mass is 16.1. The predicted molar refractivity (Wildman–Crippen MR) is 124 cm³/mol. The Morgan fingerprint density at radius 3 is 2.61 bits per heavy atom. The minimum atomic E-state index is -0.00568. The van der Waals surface area contributed by atoms with Crippen LogP contribution in [-0.2, 0) is 0 Å². The Balaban J connectivity index is 1.54. The molecule has 1 fully saturated rings. The molecule has 5 rings (SSSR count). The Morgan fingerprint density at radius 2 is 1.90 bits per heavy atom. The molecule has 0 spiro atoms. The standard InChI is InChI=1S/C25H27N5O/c1-15(2)13-26-23-24-27-14-22(30(24)21-7-5-4-6-19(21)28-23)17-8-10-18(11-9-17)25(31)29-20-12-16(20)3/h4-11,14-16,20H,12-13H2,1-3H3,(H,26,28)(H,29,31). The molecule has 0 radical (unpaired) electrons. The molecule has 2 unspecified atom stereocenters. The van der Waals surface area contributed by atoms with Crippen molar-refractivity contribution in [2.24, 2.45) is 11.8 Å². The zero-order chi connectivity index (χ0) is 21.5. The van der Waals surface area contributed by atoms with Crippen molar-refractivity contribution >= 4 is 28.4 Å². The van der Waals surface area contributed by atoms with Gasteiger partial charge >= 0.3 is 0 Å². The number of nitrogens with zero attached hydrogens (tertiary/aromatic N) is 3. The van der Waals surface area contributed by atoms with Crippen molar-refractivity contribution < 1.29 is 4.79 Å². The number of imidazole rings is 1. The van der Waals surface area contributed by atoms with E-state index in [2.05, 4.69) is 41.9 Å². The number of amides is 1. The van der Waals surface area contributed by atoms with E-state index >= 15 is 0 Å². The normalized spacial score (nSPS) is 17.9. The molecule has 2 aromatic carbocycles. The number of anilines is 1. The third-order valence-corrected chi connectivity index (χ3v) is 5.88. The van der Waals surface area contributed by atoms with Crippen LogP contribution in [0.3, 0.4) is 0 Å². The molecule has 2 atom stereocenters. The maximum absolute atomic E-state index is 12.5. The summed E-state index contributed by atoms with van der Waals surface area (Å²) in [6, 6.07) is 16.2. The summed E-state index contributed by atoms with van der Waals surface area (Å²) in [5.41, 5.74) is 5.39. The highest BCUT2D eigenvalue weighted by molar-refractivity contribution is 5.95. The molecule has 0 saturated heterocycles. The maximum atomic E-state index is 12.5. The zero-order valence-electron chi connectivity index (χ0n) is 18.1. The molecular weight excluding hydrogens is 386 g/mol. The first-order chi connectivity index (χ1) is 15.0. The first kappa shape index (κ1) is 19.5. The van der Waals surface area contributed by atoms with Gasteiger partial charge in [0.25, 0.3) is 5.91 Å². The molecule has 0 bridgehead atoms. The van der Waals surface area contributed by atoms with Crippen LogP contribution in [0.2, 0.25) is 0 Å². The number of para-hydroxylation sites is 2. The second kappa shape index (κ2) is 7.69. The maximum Gasteiger partial charge on any atom is 0.251 e. The molecule has 6 nitrogen and oxygen atoms in total. The molecule has 1 aliphatic carbocycles. The Labute approximate surface area is 181 Å². The number of hydrogen-bond donors (Lipinski definition) is 2. The Bertz CT molecular complexity index is 1260. The average Bonchev–Trinajstić information content (AvgIpc) is 3.28. The zero-order valence-corrected chi connectivity index (χ0v) is 18.1. The van der Waals surface area contributed by atoms with Gasteiger partial charge in [-0.2, -0.15) is 0 Å². The molecule has 1 amide bonds. The first-order valence-corrected chi connectivity index (χ1v) is 10.9. The lowest BCUT2D eigenvalue weighted by Crippen LogP contribution is -2.26. The van der Waals surface area contributed by atoms with E-state index in [1.54, 1.807) is 0 Å². The summed E-state index contributed by atoms with van der Waals surface area (Å²) in [6.45, 7) is 7.32. The molecule has 2 aromatic heterocycles. The van der Waals surface area contributed by atoms with Crippen molar-refractivity contribution in [1.82, 2.24) is 19.7 Å². The molecule has 4 aromatic rings. The number of hydrogen-bond acceptors (Lipinski definition) is 4. The lowest BCUT2D eigenvalue weighted by Gasteiger charge is -2.13. The summed E-state index contributed by atoms with van der Waals surface area (Å²) >= 11 is 0. The summed E-state index contributed by atoms with van der Waals surface area (Å²) in [5, 5.41) is 6.53. The number of carbonyl (C=O) groups excluding carboxylic acids is 1. The minimum Gasteiger partial charge on any atom is -0.367 e. The van der Waals surface area contributed by atoms with Gasteiger partial charge < -0.3 is 10.6 Å². The van der Waals surface area contributed by atoms with Crippen molar-refractivity contribution in [3.63, 3.8) is 0 Å². The summed E-state index contributed by atoms with van der Waals surface area (Å²) in [4.78, 5) is 22.0. The second-order valence-electron chi connectivity index (χ2n) is 8.90. The van der Waals surface area contributed by atoms with E-state index in [-0.39, 0.29) is 5.91 Å². The van der Waals surface area contributed by atoms with E-state index in [1.165, 1.54) is 0 Å². The molecule has 1 saturated carbocycles. The van der Waals surface area contributed by atoms with Gasteiger partial charge in [0.05, 0.1) is 22.9 Å². The number of carbonyl (C=O) groups is 1. The van der Waals surface area contributed by atoms with Gasteiger partial charge in [-0.15, -0.1) is 0 Å². The van der Waals surface area contributed by atoms with Crippen molar-refractivity contribution in [1.29, 1.82) is 0 Å². The van der Waals surface area contributed by atoms with Crippen molar-refractivity contribution in [3.8, 4) is 11.3 Å². The van der Waals surface area contributed by atoms with Gasteiger partial charge in [0.1, 0.15) is 0 Å². The van der Waals surface area contributed by atoms with Crippen LogP contribution in [0.15, 0.2) is 54.7 Å². The van der Waals surface area contributed by atoms with Gasteiger partial charge in [0.2, 0.25) is 0 Å². The summed E-state index contributed by atoms with van der Waals surface area (Å²) in [6.07, 6.45) is 2.95. The van der Waals surface area contributed by atoms with Crippen molar-refractivity contribution in [3.05, 3.63) is 60.3 Å². The van der Waals surface area contributed by atoms with Gasteiger partial charge in [-0.1, -0.05) is 45.0 Å². The van der Waals surface area contributed by atoms with Gasteiger partial charge in [-0.05, 0) is 42.5 Å². The second-order valence-corrected chi connectivity index (χ2v) is 8.90. The fraction of sp³-hybridized carbons (Fsp3) is 0.320. The minimum absolute atomic E-state index is 0.00568. The lowest BCUT2D eigenvalue weighted by atomic mass is 10.1. The quantitative estimate of drug-likeness (QED) is 0.478. The highest BCUT2D eigenvalue weighted by Gasteiger charge is 2.33. The fourth-order valence-electron chi connectivity index (χ4n) is 3.87. The molecule has 1 aliphatic rings. The van der Waals surface area contributed by atoms with E-state index in [1.807, 2.05) is 48.7 Å². The van der Waals surface area contributed by atoms with Gasteiger partial charge in [0, 0.05) is 23.7 Å². The van der Waals surface area contributed by atoms with E-state index in [0.717, 1.165) is 46.7 Å². The summed E-state index contributed by atoms with van der Waals surface area (Å²) in [7, 11) is 0. The van der Waals surface area contributed by atoms with Crippen LogP contribution in [0, 0.1) is 11.8 Å². The van der Waals surface area contributed by atoms with Gasteiger partial charge in [-0.25, -0.2) is 9.97 Å². The van der Waals surface area contributed by atoms with Crippen LogP contribution in [0.5, 0.6) is 0 Å². The van der Waals surface area contributed by atoms with E-state index in [4.69, 9.17) is 9.97 Å². The molecule has 2 heterocycles. The molecular formula is C25H27N5O. The number of aromatic nitrogens is 3. The van der Waals surface area contributed by atoms with Crippen LogP contribution >= 0.6 is 0 Å². The lowest BCUT2D eigenvalue weighted by molar-refractivity contribution is 0.0949. The fourth-order valence-corrected chi connectivity index (χ4v) is 3.87. The highest BCUT2D eigenvalue weighted by Crippen LogP contribution is 2.30. The smallest absolute Gasteiger partial charge is 0.251 e. The van der Waals surface area contributed by atoms with Gasteiger partial charge in [-0.3, -0.25) is 9.20 Å². The third-order valence-electron chi connectivity index (χ3n) is 5.88.